The van der Waals surface area contributed by atoms with E-state index in [1.54, 1.807) is 5.01 Å². The Balaban J connectivity index is 3.59. The molecule has 0 spiro atoms. The maximum Gasteiger partial charge on any atom is 0.419 e. The Bertz CT molecular complexity index is 111. The van der Waals surface area contributed by atoms with Crippen molar-refractivity contribution >= 4 is 6.09 Å². The van der Waals surface area contributed by atoms with Gasteiger partial charge in [-0.3, -0.25) is 5.43 Å². The van der Waals surface area contributed by atoms with Crippen molar-refractivity contribution < 1.29 is 9.90 Å². The van der Waals surface area contributed by atoms with Gasteiger partial charge in [0.1, 0.15) is 0 Å². The maximum absolute atomic E-state index is 10.2. The lowest BCUT2D eigenvalue weighted by Gasteiger charge is -2.19. The number of carbonyl (C=O) groups is 1. The first-order chi connectivity index (χ1) is 5.20. The monoisotopic (exact) mass is 160 g/mol. The topological polar surface area (TPSA) is 52.6 Å². The van der Waals surface area contributed by atoms with Gasteiger partial charge in [-0.25, -0.2) is 9.80 Å². The second-order valence-corrected chi connectivity index (χ2v) is 2.40. The van der Waals surface area contributed by atoms with Crippen molar-refractivity contribution in [1.29, 1.82) is 0 Å². The summed E-state index contributed by atoms with van der Waals surface area (Å²) >= 11 is 0. The van der Waals surface area contributed by atoms with Gasteiger partial charge < -0.3 is 5.11 Å². The maximum atomic E-state index is 10.2. The van der Waals surface area contributed by atoms with Crippen molar-refractivity contribution in [3.63, 3.8) is 0 Å². The first-order valence-corrected chi connectivity index (χ1v) is 3.95. The van der Waals surface area contributed by atoms with Crippen LogP contribution >= 0.6 is 0 Å². The zero-order valence-corrected chi connectivity index (χ0v) is 7.13. The number of nitrogens with one attached hydrogen (secondary N) is 1. The lowest BCUT2D eigenvalue weighted by Crippen LogP contribution is -2.42. The number of carboxylic acid groups (broad SMARTS) is 1. The quantitative estimate of drug-likeness (QED) is 0.596. The molecule has 0 bridgehead atoms. The van der Waals surface area contributed by atoms with Crippen LogP contribution in [0.5, 0.6) is 0 Å². The normalized spacial score (nSPS) is 10.1. The minimum atomic E-state index is -0.980. The van der Waals surface area contributed by atoms with Crippen LogP contribution in [0.3, 0.4) is 0 Å². The standard InChI is InChI=1S/C7H16N2O2/c1-3-5-9(6-4-2)8-7(10)11/h8H,3-6H2,1-2H3,(H,10,11). The SMILES string of the molecule is CCCN(CCC)NC(=O)O. The van der Waals surface area contributed by atoms with E-state index in [4.69, 9.17) is 5.11 Å². The van der Waals surface area contributed by atoms with Gasteiger partial charge >= 0.3 is 6.09 Å². The molecule has 4 nitrogen and oxygen atoms in total. The summed E-state index contributed by atoms with van der Waals surface area (Å²) in [5.74, 6) is 0. The van der Waals surface area contributed by atoms with Crippen molar-refractivity contribution in [1.82, 2.24) is 10.4 Å². The molecule has 0 atom stereocenters. The molecule has 0 aliphatic heterocycles. The summed E-state index contributed by atoms with van der Waals surface area (Å²) in [6.45, 7) is 5.60. The second kappa shape index (κ2) is 5.97. The van der Waals surface area contributed by atoms with E-state index in [2.05, 4.69) is 5.43 Å². The van der Waals surface area contributed by atoms with Gasteiger partial charge in [-0.2, -0.15) is 0 Å². The van der Waals surface area contributed by atoms with Crippen LogP contribution in [0.1, 0.15) is 26.7 Å². The Morgan fingerprint density at radius 1 is 1.36 bits per heavy atom. The molecule has 0 unspecified atom stereocenters. The van der Waals surface area contributed by atoms with Crippen LogP contribution in [0.4, 0.5) is 4.79 Å². The molecule has 0 fully saturated rings. The van der Waals surface area contributed by atoms with Crippen LogP contribution in [-0.2, 0) is 0 Å². The first-order valence-electron chi connectivity index (χ1n) is 3.95. The summed E-state index contributed by atoms with van der Waals surface area (Å²) in [6.07, 6.45) is 0.938. The van der Waals surface area contributed by atoms with E-state index in [1.807, 2.05) is 13.8 Å². The first kappa shape index (κ1) is 10.2. The number of amides is 1. The van der Waals surface area contributed by atoms with E-state index >= 15 is 0 Å². The van der Waals surface area contributed by atoms with Gasteiger partial charge in [-0.05, 0) is 12.8 Å². The average Bonchev–Trinajstić information content (AvgIpc) is 1.87. The third kappa shape index (κ3) is 5.66. The predicted octanol–water partition coefficient (Wildman–Crippen LogP) is 1.29. The lowest BCUT2D eigenvalue weighted by molar-refractivity contribution is 0.139. The molecule has 0 aromatic carbocycles. The van der Waals surface area contributed by atoms with Crippen LogP contribution in [0.2, 0.25) is 0 Å². The molecule has 66 valence electrons. The number of hydrogen-bond donors (Lipinski definition) is 2. The predicted molar refractivity (Wildman–Crippen MR) is 43.3 cm³/mol. The van der Waals surface area contributed by atoms with Gasteiger partial charge in [-0.15, -0.1) is 0 Å². The summed E-state index contributed by atoms with van der Waals surface area (Å²) in [6, 6.07) is 0. The fourth-order valence-electron chi connectivity index (χ4n) is 0.899. The molecule has 0 aliphatic rings. The summed E-state index contributed by atoms with van der Waals surface area (Å²) < 4.78 is 0. The molecule has 2 N–H and O–H groups in total. The van der Waals surface area contributed by atoms with Crippen LogP contribution in [0.25, 0.3) is 0 Å². The molecule has 1 amide bonds. The average molecular weight is 160 g/mol. The molecule has 0 saturated heterocycles. The molecule has 0 saturated carbocycles. The Morgan fingerprint density at radius 2 is 1.82 bits per heavy atom. The zero-order chi connectivity index (χ0) is 8.69. The number of nitrogens with zero attached hydrogens (tertiary/aromatic N) is 1. The molecule has 0 aromatic heterocycles. The highest BCUT2D eigenvalue weighted by Crippen LogP contribution is 1.88. The largest absolute Gasteiger partial charge is 0.464 e. The highest BCUT2D eigenvalue weighted by Gasteiger charge is 2.03. The van der Waals surface area contributed by atoms with Crippen molar-refractivity contribution in [2.75, 3.05) is 13.1 Å². The Morgan fingerprint density at radius 3 is 2.09 bits per heavy atom. The number of hydrogen-bond acceptors (Lipinski definition) is 2. The summed E-state index contributed by atoms with van der Waals surface area (Å²) in [5.41, 5.74) is 2.33. The summed E-state index contributed by atoms with van der Waals surface area (Å²) in [5, 5.41) is 10.1. The van der Waals surface area contributed by atoms with Crippen molar-refractivity contribution in [2.24, 2.45) is 0 Å². The van der Waals surface area contributed by atoms with Crippen molar-refractivity contribution in [3.8, 4) is 0 Å². The van der Waals surface area contributed by atoms with Crippen LogP contribution in [0.15, 0.2) is 0 Å². The van der Waals surface area contributed by atoms with Crippen LogP contribution in [-0.4, -0.2) is 29.3 Å². The minimum Gasteiger partial charge on any atom is -0.464 e. The van der Waals surface area contributed by atoms with Crippen molar-refractivity contribution in [3.05, 3.63) is 0 Å². The fourth-order valence-corrected chi connectivity index (χ4v) is 0.899. The van der Waals surface area contributed by atoms with Gasteiger partial charge in [0.25, 0.3) is 0 Å². The highest BCUT2D eigenvalue weighted by molar-refractivity contribution is 5.63. The summed E-state index contributed by atoms with van der Waals surface area (Å²) in [7, 11) is 0. The molecular weight excluding hydrogens is 144 g/mol. The number of hydrazine groups is 1. The highest BCUT2D eigenvalue weighted by atomic mass is 16.4. The van der Waals surface area contributed by atoms with Crippen LogP contribution in [0, 0.1) is 0 Å². The third-order valence-corrected chi connectivity index (χ3v) is 1.24. The van der Waals surface area contributed by atoms with E-state index in [-0.39, 0.29) is 0 Å². The smallest absolute Gasteiger partial charge is 0.419 e. The molecule has 11 heavy (non-hydrogen) atoms. The van der Waals surface area contributed by atoms with E-state index in [9.17, 15) is 4.79 Å². The molecule has 0 heterocycles. The van der Waals surface area contributed by atoms with Gasteiger partial charge in [-0.1, -0.05) is 13.8 Å². The van der Waals surface area contributed by atoms with Gasteiger partial charge in [0, 0.05) is 13.1 Å². The van der Waals surface area contributed by atoms with E-state index in [0.717, 1.165) is 25.9 Å². The van der Waals surface area contributed by atoms with Gasteiger partial charge in [0.15, 0.2) is 0 Å². The lowest BCUT2D eigenvalue weighted by atomic mass is 10.4. The van der Waals surface area contributed by atoms with Crippen LogP contribution < -0.4 is 5.43 Å². The molecule has 0 radical (unpaired) electrons. The minimum absolute atomic E-state index is 0.778. The third-order valence-electron chi connectivity index (χ3n) is 1.24. The van der Waals surface area contributed by atoms with E-state index < -0.39 is 6.09 Å². The molecule has 0 aromatic rings. The Hall–Kier alpha value is -0.770. The summed E-state index contributed by atoms with van der Waals surface area (Å²) in [4.78, 5) is 10.2. The molecule has 0 aliphatic carbocycles. The Labute approximate surface area is 67.2 Å². The van der Waals surface area contributed by atoms with Gasteiger partial charge in [0.2, 0.25) is 0 Å². The van der Waals surface area contributed by atoms with Gasteiger partial charge in [0.05, 0.1) is 0 Å². The number of rotatable bonds is 5. The second-order valence-electron chi connectivity index (χ2n) is 2.40. The van der Waals surface area contributed by atoms with E-state index in [1.165, 1.54) is 0 Å². The molecule has 4 heteroatoms. The van der Waals surface area contributed by atoms with E-state index in [0.29, 0.717) is 0 Å². The van der Waals surface area contributed by atoms with Crippen molar-refractivity contribution in [2.45, 2.75) is 26.7 Å². The fraction of sp³-hybridized carbons (Fsp3) is 0.857. The Kier molecular flexibility index (Phi) is 5.56. The zero-order valence-electron chi connectivity index (χ0n) is 7.13. The molecule has 0 rings (SSSR count). The molecular formula is C7H16N2O2.